The zero-order valence-corrected chi connectivity index (χ0v) is 11.9. The van der Waals surface area contributed by atoms with Gasteiger partial charge in [-0.25, -0.2) is 9.37 Å². The molecule has 0 saturated heterocycles. The number of hydrogen-bond donors (Lipinski definition) is 0. The van der Waals surface area contributed by atoms with Crippen molar-refractivity contribution in [1.82, 2.24) is 9.55 Å². The number of rotatable bonds is 1. The van der Waals surface area contributed by atoms with Crippen molar-refractivity contribution >= 4 is 10.9 Å². The van der Waals surface area contributed by atoms with Crippen molar-refractivity contribution in [3.8, 4) is 5.69 Å². The monoisotopic (exact) mass is 322 g/mol. The van der Waals surface area contributed by atoms with Crippen LogP contribution >= 0.6 is 0 Å². The zero-order chi connectivity index (χ0) is 16.8. The average Bonchev–Trinajstić information content (AvgIpc) is 2.48. The molecule has 0 aliphatic carbocycles. The number of alkyl halides is 3. The second-order valence-corrected chi connectivity index (χ2v) is 5.01. The van der Waals surface area contributed by atoms with Crippen LogP contribution < -0.4 is 5.56 Å². The van der Waals surface area contributed by atoms with Crippen molar-refractivity contribution in [2.75, 3.05) is 0 Å². The second kappa shape index (κ2) is 5.19. The fourth-order valence-electron chi connectivity index (χ4n) is 2.39. The summed E-state index contributed by atoms with van der Waals surface area (Å²) in [6, 6.07) is 7.90. The molecule has 3 rings (SSSR count). The van der Waals surface area contributed by atoms with Crippen LogP contribution in [0.3, 0.4) is 0 Å². The lowest BCUT2D eigenvalue weighted by Crippen LogP contribution is -2.22. The van der Waals surface area contributed by atoms with Crippen molar-refractivity contribution in [1.29, 1.82) is 0 Å². The van der Waals surface area contributed by atoms with Gasteiger partial charge in [0, 0.05) is 0 Å². The quantitative estimate of drug-likeness (QED) is 0.638. The SMILES string of the molecule is Cc1nc2ccc(F)cc2c(=O)n1-c1cccc(C(F)(F)F)c1. The summed E-state index contributed by atoms with van der Waals surface area (Å²) in [6.45, 7) is 1.50. The topological polar surface area (TPSA) is 34.9 Å². The van der Waals surface area contributed by atoms with E-state index < -0.39 is 23.1 Å². The Labute approximate surface area is 127 Å². The largest absolute Gasteiger partial charge is 0.416 e. The number of hydrogen-bond acceptors (Lipinski definition) is 2. The second-order valence-electron chi connectivity index (χ2n) is 5.01. The maximum Gasteiger partial charge on any atom is 0.416 e. The van der Waals surface area contributed by atoms with Gasteiger partial charge in [-0.3, -0.25) is 9.36 Å². The van der Waals surface area contributed by atoms with E-state index in [9.17, 15) is 22.4 Å². The molecule has 0 amide bonds. The minimum atomic E-state index is -4.52. The molecular weight excluding hydrogens is 312 g/mol. The lowest BCUT2D eigenvalue weighted by Gasteiger charge is -2.13. The van der Waals surface area contributed by atoms with E-state index in [4.69, 9.17) is 0 Å². The van der Waals surface area contributed by atoms with Gasteiger partial charge in [-0.15, -0.1) is 0 Å². The number of nitrogens with zero attached hydrogens (tertiary/aromatic N) is 2. The van der Waals surface area contributed by atoms with Crippen LogP contribution in [0.4, 0.5) is 17.6 Å². The molecule has 3 aromatic rings. The van der Waals surface area contributed by atoms with Gasteiger partial charge in [0.05, 0.1) is 22.2 Å². The molecule has 2 aromatic carbocycles. The van der Waals surface area contributed by atoms with E-state index in [1.807, 2.05) is 0 Å². The number of fused-ring (bicyclic) bond motifs is 1. The van der Waals surface area contributed by atoms with Gasteiger partial charge in [0.1, 0.15) is 11.6 Å². The molecule has 0 aliphatic heterocycles. The molecule has 0 spiro atoms. The number of halogens is 4. The first-order chi connectivity index (χ1) is 10.8. The average molecular weight is 322 g/mol. The predicted molar refractivity (Wildman–Crippen MR) is 77.0 cm³/mol. The van der Waals surface area contributed by atoms with Gasteiger partial charge in [-0.2, -0.15) is 13.2 Å². The molecule has 3 nitrogen and oxygen atoms in total. The molecule has 0 radical (unpaired) electrons. The van der Waals surface area contributed by atoms with E-state index >= 15 is 0 Å². The van der Waals surface area contributed by atoms with Crippen molar-refractivity contribution in [3.63, 3.8) is 0 Å². The Morgan fingerprint density at radius 1 is 1.09 bits per heavy atom. The predicted octanol–water partition coefficient (Wildman–Crippen LogP) is 3.85. The highest BCUT2D eigenvalue weighted by molar-refractivity contribution is 5.78. The van der Waals surface area contributed by atoms with Crippen LogP contribution in [0.5, 0.6) is 0 Å². The van der Waals surface area contributed by atoms with Gasteiger partial charge in [-0.05, 0) is 43.3 Å². The molecule has 0 fully saturated rings. The molecular formula is C16H10F4N2O. The fraction of sp³-hybridized carbons (Fsp3) is 0.125. The molecule has 23 heavy (non-hydrogen) atoms. The number of aromatic nitrogens is 2. The van der Waals surface area contributed by atoms with Gasteiger partial charge < -0.3 is 0 Å². The van der Waals surface area contributed by atoms with Gasteiger partial charge in [0.25, 0.3) is 5.56 Å². The third-order valence-electron chi connectivity index (χ3n) is 3.43. The van der Waals surface area contributed by atoms with Crippen LogP contribution in [0.15, 0.2) is 47.3 Å². The van der Waals surface area contributed by atoms with Crippen molar-refractivity contribution in [3.05, 3.63) is 70.0 Å². The molecule has 0 saturated carbocycles. The lowest BCUT2D eigenvalue weighted by atomic mass is 10.1. The van der Waals surface area contributed by atoms with Crippen LogP contribution in [0.2, 0.25) is 0 Å². The molecule has 0 aliphatic rings. The van der Waals surface area contributed by atoms with Gasteiger partial charge in [0.15, 0.2) is 0 Å². The molecule has 1 aromatic heterocycles. The first-order valence-electron chi connectivity index (χ1n) is 6.64. The first-order valence-corrected chi connectivity index (χ1v) is 6.64. The normalized spacial score (nSPS) is 11.9. The van der Waals surface area contributed by atoms with Gasteiger partial charge in [-0.1, -0.05) is 6.07 Å². The van der Waals surface area contributed by atoms with E-state index in [0.717, 1.165) is 22.8 Å². The highest BCUT2D eigenvalue weighted by atomic mass is 19.4. The standard InChI is InChI=1S/C16H10F4N2O/c1-9-21-14-6-5-11(17)8-13(14)15(23)22(9)12-4-2-3-10(7-12)16(18,19)20/h2-8H,1H3. The molecule has 118 valence electrons. The molecule has 7 heteroatoms. The van der Waals surface area contributed by atoms with Gasteiger partial charge in [0.2, 0.25) is 0 Å². The molecule has 0 bridgehead atoms. The minimum Gasteiger partial charge on any atom is -0.268 e. The Balaban J connectivity index is 2.30. The summed E-state index contributed by atoms with van der Waals surface area (Å²) < 4.78 is 52.9. The first kappa shape index (κ1) is 15.2. The summed E-state index contributed by atoms with van der Waals surface area (Å²) in [5.41, 5.74) is -1.18. The Morgan fingerprint density at radius 3 is 2.52 bits per heavy atom. The van der Waals surface area contributed by atoms with Crippen LogP contribution in [-0.2, 0) is 6.18 Å². The molecule has 0 atom stereocenters. The summed E-state index contributed by atoms with van der Waals surface area (Å²) in [5, 5.41) is 0.00742. The Bertz CT molecular complexity index is 960. The molecule has 0 unspecified atom stereocenters. The maximum absolute atomic E-state index is 13.3. The third-order valence-corrected chi connectivity index (χ3v) is 3.43. The van der Waals surface area contributed by atoms with Crippen LogP contribution in [0.25, 0.3) is 16.6 Å². The summed E-state index contributed by atoms with van der Waals surface area (Å²) in [6.07, 6.45) is -4.52. The van der Waals surface area contributed by atoms with Gasteiger partial charge >= 0.3 is 6.18 Å². The van der Waals surface area contributed by atoms with E-state index in [1.54, 1.807) is 0 Å². The Kier molecular flexibility index (Phi) is 3.43. The number of benzene rings is 2. The lowest BCUT2D eigenvalue weighted by molar-refractivity contribution is -0.137. The highest BCUT2D eigenvalue weighted by Gasteiger charge is 2.30. The van der Waals surface area contributed by atoms with E-state index in [2.05, 4.69) is 4.98 Å². The maximum atomic E-state index is 13.3. The minimum absolute atomic E-state index is 0.00742. The van der Waals surface area contributed by atoms with E-state index in [0.29, 0.717) is 0 Å². The summed E-state index contributed by atoms with van der Waals surface area (Å²) in [5.74, 6) is -0.399. The highest BCUT2D eigenvalue weighted by Crippen LogP contribution is 2.30. The molecule has 1 heterocycles. The van der Waals surface area contributed by atoms with Crippen molar-refractivity contribution < 1.29 is 17.6 Å². The smallest absolute Gasteiger partial charge is 0.268 e. The third kappa shape index (κ3) is 2.69. The Hall–Kier alpha value is -2.70. The summed E-state index contributed by atoms with van der Waals surface area (Å²) >= 11 is 0. The van der Waals surface area contributed by atoms with E-state index in [-0.39, 0.29) is 22.4 Å². The van der Waals surface area contributed by atoms with Crippen LogP contribution in [-0.4, -0.2) is 9.55 Å². The molecule has 0 N–H and O–H groups in total. The summed E-state index contributed by atoms with van der Waals surface area (Å²) in [7, 11) is 0. The van der Waals surface area contributed by atoms with Crippen LogP contribution in [0, 0.1) is 12.7 Å². The Morgan fingerprint density at radius 2 is 1.83 bits per heavy atom. The van der Waals surface area contributed by atoms with Crippen LogP contribution in [0.1, 0.15) is 11.4 Å². The zero-order valence-electron chi connectivity index (χ0n) is 11.9. The fourth-order valence-corrected chi connectivity index (χ4v) is 2.39. The number of aryl methyl sites for hydroxylation is 1. The van der Waals surface area contributed by atoms with Crippen molar-refractivity contribution in [2.45, 2.75) is 13.1 Å². The summed E-state index contributed by atoms with van der Waals surface area (Å²) in [4.78, 5) is 16.7. The van der Waals surface area contributed by atoms with Crippen molar-refractivity contribution in [2.24, 2.45) is 0 Å². The van der Waals surface area contributed by atoms with E-state index in [1.165, 1.54) is 31.2 Å².